The average molecular weight is 607 g/mol. The molecule has 0 amide bonds. The molecule has 2 saturated heterocycles. The zero-order valence-electron chi connectivity index (χ0n) is 27.2. The van der Waals surface area contributed by atoms with Gasteiger partial charge in [-0.3, -0.25) is 0 Å². The first kappa shape index (κ1) is 32.6. The van der Waals surface area contributed by atoms with Crippen LogP contribution in [0.1, 0.15) is 105 Å². The molecule has 0 N–H and O–H groups in total. The van der Waals surface area contributed by atoms with E-state index in [0.717, 1.165) is 22.6 Å². The Hall–Kier alpha value is -1.26. The van der Waals surface area contributed by atoms with Crippen LogP contribution in [0, 0.1) is 5.41 Å². The first-order valence-corrected chi connectivity index (χ1v) is 17.1. The summed E-state index contributed by atoms with van der Waals surface area (Å²) in [6.07, 6.45) is 0. The van der Waals surface area contributed by atoms with Gasteiger partial charge >= 0.3 is 251 Å². The van der Waals surface area contributed by atoms with E-state index in [1.165, 1.54) is 11.1 Å². The standard InChI is InChI=1S/C33H52O6P2/c1-29(2,3)23-13-15-27(25(17-23)31(7,8)9)38-41(36-21-33(22-37-41)19-34-40-35-20-33)39-28-16-14-24(30(4,5)6)18-26(28)32(10,11)12/h13-18,40-41H,19-22H2,1-12H3. The van der Waals surface area contributed by atoms with Crippen molar-refractivity contribution in [3.05, 3.63) is 58.7 Å². The number of rotatable bonds is 4. The second kappa shape index (κ2) is 11.3. The molecule has 0 radical (unpaired) electrons. The molecule has 2 aromatic rings. The number of hydrogen-bond acceptors (Lipinski definition) is 6. The summed E-state index contributed by atoms with van der Waals surface area (Å²) in [4.78, 5) is 0. The maximum atomic E-state index is 6.86. The molecule has 0 aromatic heterocycles. The molecule has 0 unspecified atom stereocenters. The second-order valence-electron chi connectivity index (χ2n) is 15.9. The third-order valence-corrected chi connectivity index (χ3v) is 10.2. The van der Waals surface area contributed by atoms with Gasteiger partial charge < -0.3 is 0 Å². The normalized spacial score (nSPS) is 23.4. The average Bonchev–Trinajstić information content (AvgIpc) is 2.84. The first-order chi connectivity index (χ1) is 18.7. The van der Waals surface area contributed by atoms with E-state index in [9.17, 15) is 0 Å². The van der Waals surface area contributed by atoms with Gasteiger partial charge in [-0.25, -0.2) is 0 Å². The summed E-state index contributed by atoms with van der Waals surface area (Å²) >= 11 is 0. The Morgan fingerprint density at radius 3 is 1.32 bits per heavy atom. The molecule has 8 heteroatoms. The van der Waals surface area contributed by atoms with Crippen molar-refractivity contribution in [2.75, 3.05) is 26.4 Å². The van der Waals surface area contributed by atoms with Crippen molar-refractivity contribution in [2.24, 2.45) is 5.41 Å². The second-order valence-corrected chi connectivity index (χ2v) is 18.6. The van der Waals surface area contributed by atoms with Gasteiger partial charge in [0.1, 0.15) is 0 Å². The molecule has 0 atom stereocenters. The minimum absolute atomic E-state index is 0.00637. The third kappa shape index (κ3) is 7.64. The number of benzene rings is 2. The van der Waals surface area contributed by atoms with Gasteiger partial charge in [0.25, 0.3) is 0 Å². The van der Waals surface area contributed by atoms with E-state index in [1.54, 1.807) is 0 Å². The van der Waals surface area contributed by atoms with Crippen molar-refractivity contribution in [1.29, 1.82) is 0 Å². The van der Waals surface area contributed by atoms with Crippen molar-refractivity contribution in [3.63, 3.8) is 0 Å². The molecule has 6 nitrogen and oxygen atoms in total. The Bertz CT molecular complexity index is 1130. The van der Waals surface area contributed by atoms with Crippen molar-refractivity contribution in [1.82, 2.24) is 0 Å². The van der Waals surface area contributed by atoms with Gasteiger partial charge in [0.05, 0.1) is 0 Å². The van der Waals surface area contributed by atoms with Crippen LogP contribution in [0.15, 0.2) is 36.4 Å². The van der Waals surface area contributed by atoms with Gasteiger partial charge in [-0.15, -0.1) is 0 Å². The van der Waals surface area contributed by atoms with Crippen LogP contribution in [0.25, 0.3) is 0 Å². The summed E-state index contributed by atoms with van der Waals surface area (Å²) in [5, 5.41) is 0. The maximum absolute atomic E-state index is 6.86. The van der Waals surface area contributed by atoms with E-state index in [1.807, 2.05) is 0 Å². The van der Waals surface area contributed by atoms with Crippen LogP contribution in [0.2, 0.25) is 0 Å². The molecule has 230 valence electrons. The van der Waals surface area contributed by atoms with Gasteiger partial charge in [0.15, 0.2) is 0 Å². The van der Waals surface area contributed by atoms with Gasteiger partial charge in [0.2, 0.25) is 0 Å². The van der Waals surface area contributed by atoms with E-state index in [-0.39, 0.29) is 36.1 Å². The molecule has 0 bridgehead atoms. The van der Waals surface area contributed by atoms with E-state index in [0.29, 0.717) is 26.4 Å². The van der Waals surface area contributed by atoms with Crippen molar-refractivity contribution in [3.8, 4) is 11.5 Å². The Morgan fingerprint density at radius 1 is 0.585 bits per heavy atom. The van der Waals surface area contributed by atoms with Crippen LogP contribution in [-0.4, -0.2) is 26.4 Å². The quantitative estimate of drug-likeness (QED) is 0.323. The predicted octanol–water partition coefficient (Wildman–Crippen LogP) is 9.33. The van der Waals surface area contributed by atoms with Gasteiger partial charge in [-0.2, -0.15) is 0 Å². The molecule has 2 heterocycles. The summed E-state index contributed by atoms with van der Waals surface area (Å²) in [5.41, 5.74) is 3.99. The molecule has 1 spiro atoms. The van der Waals surface area contributed by atoms with Gasteiger partial charge in [-0.05, 0) is 0 Å². The van der Waals surface area contributed by atoms with Crippen LogP contribution >= 0.6 is 17.2 Å². The van der Waals surface area contributed by atoms with E-state index in [4.69, 9.17) is 27.1 Å². The van der Waals surface area contributed by atoms with E-state index < -0.39 is 8.17 Å². The molecule has 2 aliphatic rings. The van der Waals surface area contributed by atoms with Crippen molar-refractivity contribution >= 4 is 17.2 Å². The van der Waals surface area contributed by atoms with Crippen LogP contribution < -0.4 is 9.05 Å². The van der Waals surface area contributed by atoms with Gasteiger partial charge in [0, 0.05) is 0 Å². The fraction of sp³-hybridized carbons (Fsp3) is 0.636. The summed E-state index contributed by atoms with van der Waals surface area (Å²) in [5.74, 6) is 1.46. The minimum atomic E-state index is -3.73. The van der Waals surface area contributed by atoms with E-state index in [2.05, 4.69) is 119 Å². The fourth-order valence-electron chi connectivity index (χ4n) is 4.93. The Balaban J connectivity index is 1.79. The molecule has 2 aromatic carbocycles. The van der Waals surface area contributed by atoms with Crippen LogP contribution in [0.5, 0.6) is 11.5 Å². The summed E-state index contributed by atoms with van der Waals surface area (Å²) in [6, 6.07) is 12.9. The SMILES string of the molecule is CC(C)(C)c1ccc(O[PH]2(Oc3ccc(C(C)(C)C)cc3C(C)(C)C)OCC3(COPOC3)CO2)c(C(C)(C)C)c1. The zero-order chi connectivity index (χ0) is 30.5. The predicted molar refractivity (Wildman–Crippen MR) is 172 cm³/mol. The summed E-state index contributed by atoms with van der Waals surface area (Å²) in [6.45, 7) is 28.4. The molecule has 2 fully saturated rings. The molecular weight excluding hydrogens is 554 g/mol. The monoisotopic (exact) mass is 606 g/mol. The Morgan fingerprint density at radius 2 is 0.976 bits per heavy atom. The molecule has 2 aliphatic heterocycles. The Kier molecular flexibility index (Phi) is 9.03. The summed E-state index contributed by atoms with van der Waals surface area (Å²) < 4.78 is 38.3. The van der Waals surface area contributed by atoms with Crippen LogP contribution in [0.4, 0.5) is 0 Å². The van der Waals surface area contributed by atoms with Crippen LogP contribution in [0.3, 0.4) is 0 Å². The molecule has 41 heavy (non-hydrogen) atoms. The summed E-state index contributed by atoms with van der Waals surface area (Å²) in [7, 11) is -3.68. The first-order valence-electron chi connectivity index (χ1n) is 14.7. The molecule has 0 saturated carbocycles. The topological polar surface area (TPSA) is 55.4 Å². The molecule has 4 rings (SSSR count). The van der Waals surface area contributed by atoms with Gasteiger partial charge in [-0.1, -0.05) is 0 Å². The zero-order valence-corrected chi connectivity index (χ0v) is 29.2. The van der Waals surface area contributed by atoms with Crippen LogP contribution in [-0.2, 0) is 39.8 Å². The van der Waals surface area contributed by atoms with Crippen molar-refractivity contribution < 1.29 is 27.1 Å². The fourth-order valence-corrected chi connectivity index (χ4v) is 7.97. The number of hydrogen-bond donors (Lipinski definition) is 0. The molecular formula is C33H52O6P2. The third-order valence-electron chi connectivity index (χ3n) is 7.76. The Labute approximate surface area is 250 Å². The molecule has 0 aliphatic carbocycles. The van der Waals surface area contributed by atoms with E-state index >= 15 is 0 Å². The van der Waals surface area contributed by atoms with Crippen molar-refractivity contribution in [2.45, 2.75) is 105 Å².